The summed E-state index contributed by atoms with van der Waals surface area (Å²) in [5.41, 5.74) is 4.15. The molecule has 1 aromatic rings. The second-order valence-electron chi connectivity index (χ2n) is 7.16. The summed E-state index contributed by atoms with van der Waals surface area (Å²) in [6, 6.07) is 8.34. The van der Waals surface area contributed by atoms with E-state index >= 15 is 0 Å². The number of aryl methyl sites for hydroxylation is 1. The van der Waals surface area contributed by atoms with Crippen molar-refractivity contribution in [2.24, 2.45) is 0 Å². The fourth-order valence-corrected chi connectivity index (χ4v) is 7.74. The molecule has 1 aromatic carbocycles. The molecule has 0 spiro atoms. The van der Waals surface area contributed by atoms with Gasteiger partial charge in [0.1, 0.15) is 0 Å². The molecule has 2 aliphatic rings. The Balaban J connectivity index is 1.82. The van der Waals surface area contributed by atoms with Crippen molar-refractivity contribution >= 4 is 13.4 Å². The van der Waals surface area contributed by atoms with E-state index in [0.29, 0.717) is 16.8 Å². The van der Waals surface area contributed by atoms with Gasteiger partial charge in [-0.1, -0.05) is 68.4 Å². The Labute approximate surface area is 136 Å². The zero-order valence-corrected chi connectivity index (χ0v) is 14.8. The van der Waals surface area contributed by atoms with Gasteiger partial charge in [0.25, 0.3) is 0 Å². The molecule has 2 heteroatoms. The zero-order valence-electron chi connectivity index (χ0n) is 13.9. The zero-order chi connectivity index (χ0) is 15.4. The maximum atomic E-state index is 13.3. The van der Waals surface area contributed by atoms with Gasteiger partial charge in [0.05, 0.1) is 0 Å². The molecule has 120 valence electrons. The van der Waals surface area contributed by atoms with Gasteiger partial charge in [0.2, 0.25) is 0 Å². The van der Waals surface area contributed by atoms with Crippen molar-refractivity contribution in [3.63, 3.8) is 0 Å². The first-order valence-electron chi connectivity index (χ1n) is 9.15. The fraction of sp³-hybridized carbons (Fsp3) is 0.650. The molecular formula is C20H29OP. The molecule has 2 saturated carbocycles. The van der Waals surface area contributed by atoms with Crippen molar-refractivity contribution in [3.05, 3.63) is 35.4 Å². The third-order valence-electron chi connectivity index (χ3n) is 5.47. The Hall–Kier alpha value is -0.680. The minimum atomic E-state index is -0.483. The van der Waals surface area contributed by atoms with Crippen LogP contribution in [0.15, 0.2) is 24.3 Å². The lowest BCUT2D eigenvalue weighted by Gasteiger charge is -2.37. The standard InChI is InChI=1S/C20H29OP/c1-16-12-14-17(15-13-16)20(21)22(18-8-4-2-5-9-18)19-10-6-3-7-11-19/h12-15,18-19H,2-11H2,1H3. The van der Waals surface area contributed by atoms with Gasteiger partial charge in [0.15, 0.2) is 5.52 Å². The average molecular weight is 316 g/mol. The highest BCUT2D eigenvalue weighted by Gasteiger charge is 2.36. The van der Waals surface area contributed by atoms with E-state index in [-0.39, 0.29) is 0 Å². The summed E-state index contributed by atoms with van der Waals surface area (Å²) in [6.45, 7) is 2.10. The van der Waals surface area contributed by atoms with Crippen LogP contribution in [0.5, 0.6) is 0 Å². The molecule has 0 aliphatic heterocycles. The molecule has 0 bridgehead atoms. The maximum Gasteiger partial charge on any atom is 0.184 e. The largest absolute Gasteiger partial charge is 0.289 e. The first kappa shape index (κ1) is 16.2. The minimum Gasteiger partial charge on any atom is -0.289 e. The molecule has 0 saturated heterocycles. The number of rotatable bonds is 4. The van der Waals surface area contributed by atoms with Gasteiger partial charge in [-0.3, -0.25) is 4.79 Å². The lowest BCUT2D eigenvalue weighted by Crippen LogP contribution is -2.24. The van der Waals surface area contributed by atoms with Crippen LogP contribution in [-0.4, -0.2) is 16.8 Å². The summed E-state index contributed by atoms with van der Waals surface area (Å²) in [5, 5.41) is 0. The molecule has 0 radical (unpaired) electrons. The Kier molecular flexibility index (Phi) is 5.69. The average Bonchev–Trinajstić information content (AvgIpc) is 2.57. The lowest BCUT2D eigenvalue weighted by atomic mass is 9.99. The van der Waals surface area contributed by atoms with Gasteiger partial charge in [-0.2, -0.15) is 0 Å². The second-order valence-corrected chi connectivity index (χ2v) is 9.84. The molecule has 0 amide bonds. The predicted molar refractivity (Wildman–Crippen MR) is 96.2 cm³/mol. The Morgan fingerprint density at radius 2 is 1.27 bits per heavy atom. The first-order valence-corrected chi connectivity index (χ1v) is 10.6. The van der Waals surface area contributed by atoms with E-state index in [9.17, 15) is 4.79 Å². The topological polar surface area (TPSA) is 17.1 Å². The first-order chi connectivity index (χ1) is 10.8. The van der Waals surface area contributed by atoms with Crippen LogP contribution in [0.2, 0.25) is 0 Å². The van der Waals surface area contributed by atoms with E-state index in [1.807, 2.05) is 0 Å². The second kappa shape index (κ2) is 7.73. The molecule has 0 unspecified atom stereocenters. The Morgan fingerprint density at radius 1 is 0.818 bits per heavy atom. The van der Waals surface area contributed by atoms with Crippen molar-refractivity contribution in [3.8, 4) is 0 Å². The Morgan fingerprint density at radius 3 is 1.73 bits per heavy atom. The van der Waals surface area contributed by atoms with Crippen LogP contribution in [0, 0.1) is 6.92 Å². The number of hydrogen-bond donors (Lipinski definition) is 0. The molecule has 22 heavy (non-hydrogen) atoms. The Bertz CT molecular complexity index is 463. The van der Waals surface area contributed by atoms with Gasteiger partial charge < -0.3 is 0 Å². The molecule has 3 rings (SSSR count). The number of carbonyl (C=O) groups is 1. The van der Waals surface area contributed by atoms with E-state index < -0.39 is 7.92 Å². The van der Waals surface area contributed by atoms with Crippen LogP contribution in [0.1, 0.15) is 80.1 Å². The van der Waals surface area contributed by atoms with Crippen LogP contribution in [0.3, 0.4) is 0 Å². The summed E-state index contributed by atoms with van der Waals surface area (Å²) in [5.74, 6) is 0. The fourth-order valence-electron chi connectivity index (χ4n) is 4.19. The van der Waals surface area contributed by atoms with Gasteiger partial charge in [0, 0.05) is 5.56 Å². The molecule has 0 N–H and O–H groups in total. The third-order valence-corrected chi connectivity index (χ3v) is 8.80. The predicted octanol–water partition coefficient (Wildman–Crippen LogP) is 6.28. The van der Waals surface area contributed by atoms with Crippen molar-refractivity contribution in [1.82, 2.24) is 0 Å². The van der Waals surface area contributed by atoms with Crippen LogP contribution in [0.25, 0.3) is 0 Å². The molecule has 0 atom stereocenters. The molecule has 2 fully saturated rings. The van der Waals surface area contributed by atoms with Gasteiger partial charge >= 0.3 is 0 Å². The van der Waals surface area contributed by atoms with Crippen LogP contribution in [0.4, 0.5) is 0 Å². The van der Waals surface area contributed by atoms with E-state index in [1.165, 1.54) is 69.8 Å². The number of hydrogen-bond acceptors (Lipinski definition) is 1. The third kappa shape index (κ3) is 3.80. The van der Waals surface area contributed by atoms with Gasteiger partial charge in [-0.25, -0.2) is 0 Å². The van der Waals surface area contributed by atoms with Gasteiger partial charge in [-0.05, 0) is 51.8 Å². The maximum absolute atomic E-state index is 13.3. The van der Waals surface area contributed by atoms with E-state index in [4.69, 9.17) is 0 Å². The summed E-state index contributed by atoms with van der Waals surface area (Å²) in [4.78, 5) is 13.3. The molecule has 2 aliphatic carbocycles. The number of carbonyl (C=O) groups excluding carboxylic acids is 1. The van der Waals surface area contributed by atoms with Crippen molar-refractivity contribution in [1.29, 1.82) is 0 Å². The van der Waals surface area contributed by atoms with Crippen LogP contribution < -0.4 is 0 Å². The van der Waals surface area contributed by atoms with Crippen LogP contribution in [-0.2, 0) is 0 Å². The monoisotopic (exact) mass is 316 g/mol. The highest BCUT2D eigenvalue weighted by Crippen LogP contribution is 2.57. The molecule has 0 aromatic heterocycles. The van der Waals surface area contributed by atoms with E-state index in [1.54, 1.807) is 0 Å². The van der Waals surface area contributed by atoms with E-state index in [2.05, 4.69) is 31.2 Å². The molecule has 1 nitrogen and oxygen atoms in total. The SMILES string of the molecule is Cc1ccc(C(=O)P(C2CCCCC2)C2CCCCC2)cc1. The van der Waals surface area contributed by atoms with Crippen molar-refractivity contribution in [2.45, 2.75) is 82.4 Å². The lowest BCUT2D eigenvalue weighted by molar-refractivity contribution is 0.107. The van der Waals surface area contributed by atoms with Crippen LogP contribution >= 0.6 is 7.92 Å². The van der Waals surface area contributed by atoms with E-state index in [0.717, 1.165) is 5.56 Å². The summed E-state index contributed by atoms with van der Waals surface area (Å²) >= 11 is 0. The smallest absolute Gasteiger partial charge is 0.184 e. The highest BCUT2D eigenvalue weighted by atomic mass is 31.1. The van der Waals surface area contributed by atoms with Gasteiger partial charge in [-0.15, -0.1) is 0 Å². The van der Waals surface area contributed by atoms with Crippen molar-refractivity contribution in [2.75, 3.05) is 0 Å². The number of benzene rings is 1. The summed E-state index contributed by atoms with van der Waals surface area (Å²) in [6.07, 6.45) is 13.4. The highest BCUT2D eigenvalue weighted by molar-refractivity contribution is 7.76. The van der Waals surface area contributed by atoms with Crippen molar-refractivity contribution < 1.29 is 4.79 Å². The summed E-state index contributed by atoms with van der Waals surface area (Å²) < 4.78 is 0. The normalized spacial score (nSPS) is 21.2. The molecular weight excluding hydrogens is 287 g/mol. The molecule has 0 heterocycles. The minimum absolute atomic E-state index is 0.483. The summed E-state index contributed by atoms with van der Waals surface area (Å²) in [7, 11) is -0.483. The quantitative estimate of drug-likeness (QED) is 0.597.